The van der Waals surface area contributed by atoms with Crippen molar-refractivity contribution in [3.63, 3.8) is 0 Å². The van der Waals surface area contributed by atoms with Crippen molar-refractivity contribution in [1.29, 1.82) is 0 Å². The van der Waals surface area contributed by atoms with Gasteiger partial charge in [0, 0.05) is 53.4 Å². The number of hydrogen-bond acceptors (Lipinski definition) is 7. The average molecular weight is 396 g/mol. The van der Waals surface area contributed by atoms with Gasteiger partial charge in [-0.2, -0.15) is 5.10 Å². The highest BCUT2D eigenvalue weighted by molar-refractivity contribution is 5.83. The number of ether oxygens (including phenoxy) is 1. The highest BCUT2D eigenvalue weighted by Gasteiger charge is 2.25. The fraction of sp³-hybridized carbons (Fsp3) is 0.600. The van der Waals surface area contributed by atoms with Crippen LogP contribution < -0.4 is 4.90 Å². The quantitative estimate of drug-likeness (QED) is 0.616. The van der Waals surface area contributed by atoms with Gasteiger partial charge in [0.15, 0.2) is 17.0 Å². The van der Waals surface area contributed by atoms with E-state index >= 15 is 0 Å². The molecule has 9 nitrogen and oxygen atoms in total. The molecule has 9 heteroatoms. The first-order valence-corrected chi connectivity index (χ1v) is 10.4. The molecule has 0 saturated carbocycles. The summed E-state index contributed by atoms with van der Waals surface area (Å²) in [6.07, 6.45) is 7.05. The van der Waals surface area contributed by atoms with Crippen molar-refractivity contribution in [2.24, 2.45) is 7.05 Å². The molecule has 0 bridgehead atoms. The van der Waals surface area contributed by atoms with E-state index < -0.39 is 0 Å². The van der Waals surface area contributed by atoms with Crippen LogP contribution in [0.25, 0.3) is 11.2 Å². The number of rotatable bonds is 6. The van der Waals surface area contributed by atoms with E-state index in [1.807, 2.05) is 10.9 Å². The number of aryl methyl sites for hydroxylation is 2. The fourth-order valence-corrected chi connectivity index (χ4v) is 4.57. The Morgan fingerprint density at radius 3 is 2.76 bits per heavy atom. The maximum Gasteiger partial charge on any atom is 0.165 e. The Bertz CT molecular complexity index is 1000. The van der Waals surface area contributed by atoms with E-state index in [1.54, 1.807) is 13.4 Å². The molecule has 1 aliphatic carbocycles. The van der Waals surface area contributed by atoms with E-state index in [-0.39, 0.29) is 0 Å². The number of imidazole rings is 1. The molecule has 0 radical (unpaired) electrons. The number of hydrogen-bond donors (Lipinski definition) is 0. The van der Waals surface area contributed by atoms with Crippen molar-refractivity contribution in [3.8, 4) is 0 Å². The predicted octanol–water partition coefficient (Wildman–Crippen LogP) is 1.02. The van der Waals surface area contributed by atoms with Crippen molar-refractivity contribution in [2.75, 3.05) is 44.8 Å². The van der Waals surface area contributed by atoms with Crippen LogP contribution in [0.3, 0.4) is 0 Å². The van der Waals surface area contributed by atoms with E-state index in [0.29, 0.717) is 6.61 Å². The summed E-state index contributed by atoms with van der Waals surface area (Å²) >= 11 is 0. The Morgan fingerprint density at radius 2 is 1.93 bits per heavy atom. The monoisotopic (exact) mass is 396 g/mol. The van der Waals surface area contributed by atoms with E-state index in [0.717, 1.165) is 62.7 Å². The van der Waals surface area contributed by atoms with Gasteiger partial charge < -0.3 is 14.2 Å². The lowest BCUT2D eigenvalue weighted by molar-refractivity contribution is 0.188. The van der Waals surface area contributed by atoms with Gasteiger partial charge in [-0.15, -0.1) is 0 Å². The molecule has 0 aromatic carbocycles. The van der Waals surface area contributed by atoms with Crippen LogP contribution in [0, 0.1) is 0 Å². The second kappa shape index (κ2) is 7.72. The minimum atomic E-state index is 0.640. The maximum absolute atomic E-state index is 5.19. The van der Waals surface area contributed by atoms with Gasteiger partial charge in [-0.3, -0.25) is 9.58 Å². The van der Waals surface area contributed by atoms with Gasteiger partial charge in [0.2, 0.25) is 0 Å². The second-order valence-electron chi connectivity index (χ2n) is 7.91. The molecule has 3 aromatic heterocycles. The number of aromatic nitrogens is 6. The zero-order chi connectivity index (χ0) is 19.8. The van der Waals surface area contributed by atoms with Crippen molar-refractivity contribution in [1.82, 2.24) is 34.2 Å². The lowest BCUT2D eigenvalue weighted by atomic mass is 10.2. The zero-order valence-corrected chi connectivity index (χ0v) is 17.2. The molecule has 1 aliphatic heterocycles. The molecule has 3 aromatic rings. The zero-order valence-electron chi connectivity index (χ0n) is 17.2. The van der Waals surface area contributed by atoms with Crippen LogP contribution in [0.1, 0.15) is 23.4 Å². The summed E-state index contributed by atoms with van der Waals surface area (Å²) in [5.41, 5.74) is 5.95. The third kappa shape index (κ3) is 3.38. The summed E-state index contributed by atoms with van der Waals surface area (Å²) in [4.78, 5) is 18.5. The molecule has 0 atom stereocenters. The minimum absolute atomic E-state index is 0.640. The van der Waals surface area contributed by atoms with Crippen LogP contribution in [0.15, 0.2) is 12.7 Å². The molecule has 1 saturated heterocycles. The average Bonchev–Trinajstić information content (AvgIpc) is 3.43. The molecular weight excluding hydrogens is 368 g/mol. The summed E-state index contributed by atoms with van der Waals surface area (Å²) in [5, 5.41) is 4.72. The Kier molecular flexibility index (Phi) is 4.92. The molecule has 154 valence electrons. The maximum atomic E-state index is 5.19. The van der Waals surface area contributed by atoms with Crippen molar-refractivity contribution < 1.29 is 4.74 Å². The van der Waals surface area contributed by atoms with Gasteiger partial charge in [0.05, 0.1) is 24.3 Å². The summed E-state index contributed by atoms with van der Waals surface area (Å²) in [6.45, 7) is 6.27. The van der Waals surface area contributed by atoms with Gasteiger partial charge >= 0.3 is 0 Å². The van der Waals surface area contributed by atoms with E-state index in [1.165, 1.54) is 29.8 Å². The van der Waals surface area contributed by atoms with Gasteiger partial charge in [-0.05, 0) is 24.8 Å². The lowest BCUT2D eigenvalue weighted by Crippen LogP contribution is -2.46. The van der Waals surface area contributed by atoms with Gasteiger partial charge in [0.1, 0.15) is 6.33 Å². The van der Waals surface area contributed by atoms with Gasteiger partial charge in [0.25, 0.3) is 0 Å². The number of piperazine rings is 1. The first kappa shape index (κ1) is 18.5. The van der Waals surface area contributed by atoms with Crippen molar-refractivity contribution in [3.05, 3.63) is 29.6 Å². The van der Waals surface area contributed by atoms with Crippen molar-refractivity contribution >= 4 is 17.0 Å². The molecule has 0 unspecified atom stereocenters. The van der Waals surface area contributed by atoms with Crippen LogP contribution in [0.5, 0.6) is 0 Å². The molecule has 29 heavy (non-hydrogen) atoms. The first-order chi connectivity index (χ1) is 14.2. The summed E-state index contributed by atoms with van der Waals surface area (Å²) in [6, 6.07) is 0. The Balaban J connectivity index is 1.28. The number of nitrogens with zero attached hydrogens (tertiary/aromatic N) is 8. The predicted molar refractivity (Wildman–Crippen MR) is 110 cm³/mol. The van der Waals surface area contributed by atoms with E-state index in [9.17, 15) is 0 Å². The van der Waals surface area contributed by atoms with Crippen LogP contribution in [-0.4, -0.2) is 74.1 Å². The summed E-state index contributed by atoms with van der Waals surface area (Å²) in [5.74, 6) is 0.937. The molecular formula is C20H28N8O. The SMILES string of the molecule is COCCn1cnc2c(N3CCN(Cc4c5c(nn4C)CCC5)CC3)ncnc21. The van der Waals surface area contributed by atoms with Gasteiger partial charge in [-0.1, -0.05) is 0 Å². The fourth-order valence-electron chi connectivity index (χ4n) is 4.57. The van der Waals surface area contributed by atoms with Crippen LogP contribution in [-0.2, 0) is 37.7 Å². The van der Waals surface area contributed by atoms with E-state index in [2.05, 4.69) is 36.5 Å². The Morgan fingerprint density at radius 1 is 1.07 bits per heavy atom. The molecule has 5 rings (SSSR count). The standard InChI is InChI=1S/C20H28N8O/c1-25-17(15-4-3-5-16(15)24-25)12-26-6-8-27(9-7-26)19-18-20(22-13-21-19)28(14-23-18)10-11-29-2/h13-14H,3-12H2,1-2H3. The topological polar surface area (TPSA) is 77.1 Å². The summed E-state index contributed by atoms with van der Waals surface area (Å²) < 4.78 is 9.31. The largest absolute Gasteiger partial charge is 0.383 e. The number of fused-ring (bicyclic) bond motifs is 2. The van der Waals surface area contributed by atoms with Gasteiger partial charge in [-0.25, -0.2) is 15.0 Å². The Hall–Kier alpha value is -2.52. The molecule has 1 fully saturated rings. The molecule has 0 amide bonds. The van der Waals surface area contributed by atoms with Crippen LogP contribution in [0.4, 0.5) is 5.82 Å². The first-order valence-electron chi connectivity index (χ1n) is 10.4. The minimum Gasteiger partial charge on any atom is -0.383 e. The smallest absolute Gasteiger partial charge is 0.165 e. The number of methoxy groups -OCH3 is 1. The lowest BCUT2D eigenvalue weighted by Gasteiger charge is -2.35. The third-order valence-corrected chi connectivity index (χ3v) is 6.16. The normalized spacial score (nSPS) is 17.4. The molecule has 0 N–H and O–H groups in total. The summed E-state index contributed by atoms with van der Waals surface area (Å²) in [7, 11) is 3.79. The highest BCUT2D eigenvalue weighted by atomic mass is 16.5. The Labute approximate surface area is 170 Å². The third-order valence-electron chi connectivity index (χ3n) is 6.16. The van der Waals surface area contributed by atoms with Crippen molar-refractivity contribution in [2.45, 2.75) is 32.4 Å². The molecule has 4 heterocycles. The molecule has 2 aliphatic rings. The second-order valence-corrected chi connectivity index (χ2v) is 7.91. The van der Waals surface area contributed by atoms with Crippen LogP contribution >= 0.6 is 0 Å². The number of anilines is 1. The van der Waals surface area contributed by atoms with E-state index in [4.69, 9.17) is 9.84 Å². The highest BCUT2D eigenvalue weighted by Crippen LogP contribution is 2.27. The van der Waals surface area contributed by atoms with Crippen LogP contribution in [0.2, 0.25) is 0 Å². The molecule has 0 spiro atoms.